The van der Waals surface area contributed by atoms with Crippen molar-refractivity contribution < 1.29 is 9.90 Å². The second-order valence-electron chi connectivity index (χ2n) is 11.0. The van der Waals surface area contributed by atoms with E-state index in [1.807, 2.05) is 42.5 Å². The Morgan fingerprint density at radius 1 is 0.925 bits per heavy atom. The van der Waals surface area contributed by atoms with Gasteiger partial charge in [-0.25, -0.2) is 4.99 Å². The molecule has 1 amide bonds. The first kappa shape index (κ1) is 29.2. The number of hydrogen-bond acceptors (Lipinski definition) is 4. The summed E-state index contributed by atoms with van der Waals surface area (Å²) in [7, 11) is 4.20. The van der Waals surface area contributed by atoms with Crippen molar-refractivity contribution in [2.75, 3.05) is 32.5 Å². The number of guanidine groups is 1. The molecule has 1 aliphatic carbocycles. The van der Waals surface area contributed by atoms with Gasteiger partial charge < -0.3 is 26.0 Å². The Kier molecular flexibility index (Phi) is 10.6. The lowest BCUT2D eigenvalue weighted by Gasteiger charge is -2.30. The normalized spacial score (nSPS) is 15.1. The average molecular weight is 542 g/mol. The van der Waals surface area contributed by atoms with Gasteiger partial charge in [0.2, 0.25) is 5.91 Å². The van der Waals surface area contributed by atoms with Gasteiger partial charge in [-0.1, -0.05) is 73.9 Å². The number of aromatic hydroxyl groups is 1. The molecule has 1 aliphatic rings. The monoisotopic (exact) mass is 541 g/mol. The van der Waals surface area contributed by atoms with E-state index in [2.05, 4.69) is 53.5 Å². The van der Waals surface area contributed by atoms with Gasteiger partial charge in [-0.05, 0) is 67.9 Å². The van der Waals surface area contributed by atoms with Crippen LogP contribution in [0.5, 0.6) is 5.75 Å². The molecule has 7 heteroatoms. The molecule has 3 aromatic carbocycles. The molecule has 0 saturated heterocycles. The van der Waals surface area contributed by atoms with Gasteiger partial charge in [0.15, 0.2) is 5.96 Å². The minimum absolute atomic E-state index is 0.183. The Labute approximate surface area is 238 Å². The number of hydrogen-bond donors (Lipinski definition) is 3. The predicted octanol–water partition coefficient (Wildman–Crippen LogP) is 5.56. The first-order chi connectivity index (χ1) is 19.4. The lowest BCUT2D eigenvalue weighted by molar-refractivity contribution is -0.118. The van der Waals surface area contributed by atoms with Crippen LogP contribution < -0.4 is 11.1 Å². The van der Waals surface area contributed by atoms with E-state index in [4.69, 9.17) is 10.7 Å². The molecule has 1 unspecified atom stereocenters. The van der Waals surface area contributed by atoms with E-state index in [1.165, 1.54) is 24.8 Å². The fourth-order valence-corrected chi connectivity index (χ4v) is 5.22. The number of nitrogens with two attached hydrogens (primary N) is 1. The smallest absolute Gasteiger partial charge is 0.218 e. The molecular formula is C33H43N5O2. The summed E-state index contributed by atoms with van der Waals surface area (Å²) in [4.78, 5) is 21.7. The largest absolute Gasteiger partial charge is 0.508 e. The highest BCUT2D eigenvalue weighted by Gasteiger charge is 2.20. The Balaban J connectivity index is 1.61. The fraction of sp³-hybridized carbons (Fsp3) is 0.394. The van der Waals surface area contributed by atoms with Crippen molar-refractivity contribution in [3.63, 3.8) is 0 Å². The molecule has 40 heavy (non-hydrogen) atoms. The number of carbonyl (C=O) groups is 1. The number of nitrogens with zero attached hydrogens (tertiary/aromatic N) is 3. The summed E-state index contributed by atoms with van der Waals surface area (Å²) in [5.41, 5.74) is 9.73. The quantitative estimate of drug-likeness (QED) is 0.218. The van der Waals surface area contributed by atoms with Gasteiger partial charge in [-0.15, -0.1) is 0 Å². The van der Waals surface area contributed by atoms with Gasteiger partial charge in [0.05, 0.1) is 6.04 Å². The second kappa shape index (κ2) is 14.5. The van der Waals surface area contributed by atoms with Gasteiger partial charge >= 0.3 is 0 Å². The topological polar surface area (TPSA) is 94.2 Å². The van der Waals surface area contributed by atoms with Crippen molar-refractivity contribution >= 4 is 17.6 Å². The number of likely N-dealkylation sites (N-methyl/N-ethyl adjacent to an activating group) is 1. The van der Waals surface area contributed by atoms with Crippen molar-refractivity contribution in [2.24, 2.45) is 10.7 Å². The van der Waals surface area contributed by atoms with E-state index in [0.29, 0.717) is 6.04 Å². The molecule has 7 nitrogen and oxygen atoms in total. The Morgan fingerprint density at radius 2 is 1.55 bits per heavy atom. The number of phenols is 1. The van der Waals surface area contributed by atoms with Crippen molar-refractivity contribution in [3.8, 4) is 5.75 Å². The Bertz CT molecular complexity index is 1220. The molecule has 0 radical (unpaired) electrons. The molecule has 1 atom stereocenters. The number of primary amides is 1. The number of aliphatic imine (C=N–C) groups is 1. The van der Waals surface area contributed by atoms with Crippen LogP contribution in [0.2, 0.25) is 0 Å². The van der Waals surface area contributed by atoms with Crippen molar-refractivity contribution in [1.82, 2.24) is 9.80 Å². The van der Waals surface area contributed by atoms with Crippen molar-refractivity contribution in [3.05, 3.63) is 95.6 Å². The molecule has 0 bridgehead atoms. The maximum absolute atomic E-state index is 11.9. The van der Waals surface area contributed by atoms with Crippen LogP contribution in [0.15, 0.2) is 83.9 Å². The molecule has 1 saturated carbocycles. The van der Waals surface area contributed by atoms with Gasteiger partial charge in [0, 0.05) is 37.7 Å². The van der Waals surface area contributed by atoms with Gasteiger partial charge in [0.1, 0.15) is 5.75 Å². The highest BCUT2D eigenvalue weighted by atomic mass is 16.3. The maximum atomic E-state index is 11.9. The third kappa shape index (κ3) is 8.85. The van der Waals surface area contributed by atoms with Crippen molar-refractivity contribution in [2.45, 2.75) is 57.0 Å². The second-order valence-corrected chi connectivity index (χ2v) is 11.0. The van der Waals surface area contributed by atoms with Crippen LogP contribution in [0.4, 0.5) is 5.69 Å². The van der Waals surface area contributed by atoms with Crippen LogP contribution >= 0.6 is 0 Å². The van der Waals surface area contributed by atoms with Crippen LogP contribution in [0, 0.1) is 0 Å². The maximum Gasteiger partial charge on any atom is 0.218 e. The molecule has 1 fully saturated rings. The van der Waals surface area contributed by atoms with Gasteiger partial charge in [-0.2, -0.15) is 0 Å². The third-order valence-electron chi connectivity index (χ3n) is 7.48. The molecule has 0 aliphatic heterocycles. The van der Waals surface area contributed by atoms with Crippen LogP contribution in [-0.2, 0) is 11.3 Å². The van der Waals surface area contributed by atoms with Gasteiger partial charge in [0.25, 0.3) is 0 Å². The zero-order valence-corrected chi connectivity index (χ0v) is 23.8. The summed E-state index contributed by atoms with van der Waals surface area (Å²) >= 11 is 0. The van der Waals surface area contributed by atoms with E-state index in [1.54, 1.807) is 12.1 Å². The summed E-state index contributed by atoms with van der Waals surface area (Å²) in [5, 5.41) is 13.4. The third-order valence-corrected chi connectivity index (χ3v) is 7.48. The molecule has 3 aromatic rings. The van der Waals surface area contributed by atoms with E-state index >= 15 is 0 Å². The number of benzene rings is 3. The number of nitrogens with one attached hydrogen (secondary N) is 1. The van der Waals surface area contributed by atoms with E-state index in [0.717, 1.165) is 55.2 Å². The predicted molar refractivity (Wildman–Crippen MR) is 164 cm³/mol. The van der Waals surface area contributed by atoms with E-state index < -0.39 is 0 Å². The minimum Gasteiger partial charge on any atom is -0.508 e. The van der Waals surface area contributed by atoms with Crippen molar-refractivity contribution in [1.29, 1.82) is 0 Å². The highest BCUT2D eigenvalue weighted by Crippen LogP contribution is 2.30. The standard InChI is InChI=1S/C33H43N5O2/c1-37(2)21-22-38(24-25-9-5-3-6-10-25)33(35-28-11-7-4-8-12-28)36-29-17-13-26(14-18-29)31(23-32(34)40)27-15-19-30(39)20-16-27/h3,5-6,9-10,13-20,28,31,39H,4,7-8,11-12,21-24H2,1-2H3,(H2,34,40)(H,35,36). The molecule has 0 heterocycles. The summed E-state index contributed by atoms with van der Waals surface area (Å²) in [6.45, 7) is 2.53. The number of carbonyl (C=O) groups excluding carboxylic acids is 1. The zero-order valence-electron chi connectivity index (χ0n) is 23.8. The summed E-state index contributed by atoms with van der Waals surface area (Å²) in [6, 6.07) is 26.0. The summed E-state index contributed by atoms with van der Waals surface area (Å²) < 4.78 is 0. The Morgan fingerprint density at radius 3 is 2.15 bits per heavy atom. The first-order valence-corrected chi connectivity index (χ1v) is 14.3. The van der Waals surface area contributed by atoms with Crippen LogP contribution in [0.3, 0.4) is 0 Å². The molecule has 4 N–H and O–H groups in total. The SMILES string of the molecule is CN(C)CCN(Cc1ccccc1)C(=NC1CCCCC1)Nc1ccc(C(CC(N)=O)c2ccc(O)cc2)cc1. The van der Waals surface area contributed by atoms with Crippen LogP contribution in [0.1, 0.15) is 61.1 Å². The number of anilines is 1. The number of rotatable bonds is 11. The fourth-order valence-electron chi connectivity index (χ4n) is 5.22. The van der Waals surface area contributed by atoms with E-state index in [-0.39, 0.29) is 24.0 Å². The van der Waals surface area contributed by atoms with Gasteiger partial charge in [-0.3, -0.25) is 4.79 Å². The molecular weight excluding hydrogens is 498 g/mol. The number of amides is 1. The Hall–Kier alpha value is -3.84. The zero-order chi connectivity index (χ0) is 28.3. The van der Waals surface area contributed by atoms with Crippen LogP contribution in [-0.4, -0.2) is 60.0 Å². The lowest BCUT2D eigenvalue weighted by atomic mass is 9.88. The molecule has 4 rings (SSSR count). The summed E-state index contributed by atoms with van der Waals surface area (Å²) in [6.07, 6.45) is 6.19. The molecule has 212 valence electrons. The minimum atomic E-state index is -0.361. The summed E-state index contributed by atoms with van der Waals surface area (Å²) in [5.74, 6) is 0.551. The van der Waals surface area contributed by atoms with Crippen LogP contribution in [0.25, 0.3) is 0 Å². The number of phenolic OH excluding ortho intramolecular Hbond substituents is 1. The lowest BCUT2D eigenvalue weighted by Crippen LogP contribution is -2.41. The van der Waals surface area contributed by atoms with E-state index in [9.17, 15) is 9.90 Å². The highest BCUT2D eigenvalue weighted by molar-refractivity contribution is 5.94. The first-order valence-electron chi connectivity index (χ1n) is 14.3. The molecule has 0 spiro atoms. The average Bonchev–Trinajstić information content (AvgIpc) is 2.95. The molecule has 0 aromatic heterocycles.